The fraction of sp³-hybridized carbons (Fsp3) is 0.200. The Balaban J connectivity index is 2.18. The Hall–Kier alpha value is -2.08. The van der Waals surface area contributed by atoms with E-state index in [1.54, 1.807) is 0 Å². The van der Waals surface area contributed by atoms with Crippen molar-refractivity contribution < 1.29 is 0 Å². The van der Waals surface area contributed by atoms with E-state index in [2.05, 4.69) is 75.4 Å². The van der Waals surface area contributed by atoms with Gasteiger partial charge in [-0.1, -0.05) is 74.0 Å². The lowest BCUT2D eigenvalue weighted by Gasteiger charge is -2.23. The predicted octanol–water partition coefficient (Wildman–Crippen LogP) is 5.45. The molecule has 0 bridgehead atoms. The highest BCUT2D eigenvalue weighted by Crippen LogP contribution is 2.51. The summed E-state index contributed by atoms with van der Waals surface area (Å²) in [7, 11) is 0. The third kappa shape index (κ3) is 1.37. The number of rotatable bonds is 0. The fourth-order valence-electron chi connectivity index (χ4n) is 3.73. The number of hydrogen-bond donors (Lipinski definition) is 0. The van der Waals surface area contributed by atoms with Crippen molar-refractivity contribution >= 4 is 10.8 Å². The zero-order chi connectivity index (χ0) is 13.9. The van der Waals surface area contributed by atoms with Crippen LogP contribution in [-0.4, -0.2) is 0 Å². The SMILES string of the molecule is Cc1ccc2c(c1)-c1ccc3ccccc3c1C2(C)C. The summed E-state index contributed by atoms with van der Waals surface area (Å²) in [6.45, 7) is 6.87. The second-order valence-electron chi connectivity index (χ2n) is 6.38. The molecule has 0 amide bonds. The Morgan fingerprint density at radius 1 is 0.800 bits per heavy atom. The van der Waals surface area contributed by atoms with E-state index < -0.39 is 0 Å². The van der Waals surface area contributed by atoms with Gasteiger partial charge >= 0.3 is 0 Å². The number of hydrogen-bond acceptors (Lipinski definition) is 0. The first-order chi connectivity index (χ1) is 9.59. The van der Waals surface area contributed by atoms with Crippen LogP contribution in [0.4, 0.5) is 0 Å². The molecule has 3 aromatic rings. The van der Waals surface area contributed by atoms with E-state index in [-0.39, 0.29) is 5.41 Å². The van der Waals surface area contributed by atoms with Crippen LogP contribution in [0.15, 0.2) is 54.6 Å². The van der Waals surface area contributed by atoms with Gasteiger partial charge in [0.2, 0.25) is 0 Å². The fourth-order valence-corrected chi connectivity index (χ4v) is 3.73. The molecule has 0 atom stereocenters. The van der Waals surface area contributed by atoms with E-state index >= 15 is 0 Å². The second-order valence-corrected chi connectivity index (χ2v) is 6.38. The molecule has 0 spiro atoms. The number of benzene rings is 3. The van der Waals surface area contributed by atoms with Crippen molar-refractivity contribution in [2.24, 2.45) is 0 Å². The maximum absolute atomic E-state index is 2.35. The molecule has 0 fully saturated rings. The van der Waals surface area contributed by atoms with Crippen molar-refractivity contribution in [3.63, 3.8) is 0 Å². The average Bonchev–Trinajstić information content (AvgIpc) is 2.67. The maximum atomic E-state index is 2.35. The molecule has 0 saturated heterocycles. The van der Waals surface area contributed by atoms with Gasteiger partial charge in [-0.05, 0) is 39.9 Å². The lowest BCUT2D eigenvalue weighted by Crippen LogP contribution is -2.15. The molecule has 0 heteroatoms. The largest absolute Gasteiger partial charge is 0.0616 e. The quantitative estimate of drug-likeness (QED) is 0.502. The molecule has 0 heterocycles. The number of fused-ring (bicyclic) bond motifs is 5. The van der Waals surface area contributed by atoms with Crippen molar-refractivity contribution in [1.82, 2.24) is 0 Å². The Bertz CT molecular complexity index is 838. The predicted molar refractivity (Wildman–Crippen MR) is 86.2 cm³/mol. The molecule has 0 aromatic heterocycles. The minimum atomic E-state index is 0.0826. The van der Waals surface area contributed by atoms with Crippen molar-refractivity contribution in [1.29, 1.82) is 0 Å². The van der Waals surface area contributed by atoms with E-state index in [1.165, 1.54) is 38.6 Å². The highest BCUT2D eigenvalue weighted by Gasteiger charge is 2.36. The monoisotopic (exact) mass is 258 g/mol. The molecule has 98 valence electrons. The van der Waals surface area contributed by atoms with Crippen LogP contribution in [0.3, 0.4) is 0 Å². The minimum absolute atomic E-state index is 0.0826. The van der Waals surface area contributed by atoms with Crippen LogP contribution < -0.4 is 0 Å². The van der Waals surface area contributed by atoms with Gasteiger partial charge in [0.05, 0.1) is 0 Å². The Kier molecular flexibility index (Phi) is 2.18. The molecule has 4 rings (SSSR count). The maximum Gasteiger partial charge on any atom is 0.0165 e. The van der Waals surface area contributed by atoms with Crippen LogP contribution in [0, 0.1) is 6.92 Å². The van der Waals surface area contributed by atoms with Crippen LogP contribution in [0.1, 0.15) is 30.5 Å². The highest BCUT2D eigenvalue weighted by atomic mass is 14.4. The molecule has 0 N–H and O–H groups in total. The van der Waals surface area contributed by atoms with Gasteiger partial charge in [0, 0.05) is 5.41 Å². The smallest absolute Gasteiger partial charge is 0.0165 e. The van der Waals surface area contributed by atoms with E-state index in [0.717, 1.165) is 0 Å². The third-order valence-electron chi connectivity index (χ3n) is 4.69. The topological polar surface area (TPSA) is 0 Å². The van der Waals surface area contributed by atoms with E-state index in [9.17, 15) is 0 Å². The van der Waals surface area contributed by atoms with Gasteiger partial charge in [0.1, 0.15) is 0 Å². The molecule has 20 heavy (non-hydrogen) atoms. The summed E-state index contributed by atoms with van der Waals surface area (Å²) in [6, 6.07) is 20.1. The normalized spacial score (nSPS) is 15.2. The zero-order valence-corrected chi connectivity index (χ0v) is 12.2. The summed E-state index contributed by atoms with van der Waals surface area (Å²) in [5.41, 5.74) is 7.17. The van der Waals surface area contributed by atoms with Crippen LogP contribution in [0.5, 0.6) is 0 Å². The summed E-state index contributed by atoms with van der Waals surface area (Å²) < 4.78 is 0. The highest BCUT2D eigenvalue weighted by molar-refractivity contribution is 5.97. The van der Waals surface area contributed by atoms with Crippen LogP contribution >= 0.6 is 0 Å². The van der Waals surface area contributed by atoms with Gasteiger partial charge in [-0.3, -0.25) is 0 Å². The Labute approximate surface area is 120 Å². The van der Waals surface area contributed by atoms with Crippen molar-refractivity contribution in [3.05, 3.63) is 71.3 Å². The van der Waals surface area contributed by atoms with Crippen LogP contribution in [0.2, 0.25) is 0 Å². The summed E-state index contributed by atoms with van der Waals surface area (Å²) in [5, 5.41) is 2.73. The number of aryl methyl sites for hydroxylation is 1. The van der Waals surface area contributed by atoms with E-state index in [1.807, 2.05) is 0 Å². The molecule has 3 aromatic carbocycles. The first-order valence-electron chi connectivity index (χ1n) is 7.23. The first kappa shape index (κ1) is 11.7. The van der Waals surface area contributed by atoms with E-state index in [4.69, 9.17) is 0 Å². The van der Waals surface area contributed by atoms with Gasteiger partial charge in [-0.15, -0.1) is 0 Å². The second kappa shape index (κ2) is 3.73. The van der Waals surface area contributed by atoms with E-state index in [0.29, 0.717) is 0 Å². The average molecular weight is 258 g/mol. The van der Waals surface area contributed by atoms with Crippen molar-refractivity contribution in [3.8, 4) is 11.1 Å². The van der Waals surface area contributed by atoms with Gasteiger partial charge in [-0.2, -0.15) is 0 Å². The summed E-state index contributed by atoms with van der Waals surface area (Å²) in [5.74, 6) is 0. The van der Waals surface area contributed by atoms with Gasteiger partial charge < -0.3 is 0 Å². The molecule has 0 aliphatic heterocycles. The van der Waals surface area contributed by atoms with Crippen molar-refractivity contribution in [2.75, 3.05) is 0 Å². The standard InChI is InChI=1S/C20H18/c1-13-8-11-18-17(12-13)16-10-9-14-6-4-5-7-15(14)19(16)20(18,2)3/h4-12H,1-3H3. The molecular formula is C20H18. The zero-order valence-electron chi connectivity index (χ0n) is 12.2. The van der Waals surface area contributed by atoms with Crippen molar-refractivity contribution in [2.45, 2.75) is 26.2 Å². The molecule has 0 radical (unpaired) electrons. The molecule has 0 unspecified atom stereocenters. The first-order valence-corrected chi connectivity index (χ1v) is 7.23. The van der Waals surface area contributed by atoms with Gasteiger partial charge in [0.25, 0.3) is 0 Å². The Morgan fingerprint density at radius 2 is 1.60 bits per heavy atom. The summed E-state index contributed by atoms with van der Waals surface area (Å²) in [6.07, 6.45) is 0. The molecule has 1 aliphatic rings. The minimum Gasteiger partial charge on any atom is -0.0616 e. The molecular weight excluding hydrogens is 240 g/mol. The molecule has 1 aliphatic carbocycles. The Morgan fingerprint density at radius 3 is 2.45 bits per heavy atom. The van der Waals surface area contributed by atoms with Crippen LogP contribution in [-0.2, 0) is 5.41 Å². The summed E-state index contributed by atoms with van der Waals surface area (Å²) in [4.78, 5) is 0. The molecule has 0 nitrogen and oxygen atoms in total. The van der Waals surface area contributed by atoms with Gasteiger partial charge in [0.15, 0.2) is 0 Å². The molecule has 0 saturated carbocycles. The lowest BCUT2D eigenvalue weighted by atomic mass is 9.80. The summed E-state index contributed by atoms with van der Waals surface area (Å²) >= 11 is 0. The third-order valence-corrected chi connectivity index (χ3v) is 4.69. The van der Waals surface area contributed by atoms with Crippen LogP contribution in [0.25, 0.3) is 21.9 Å². The van der Waals surface area contributed by atoms with Gasteiger partial charge in [-0.25, -0.2) is 0 Å². The lowest BCUT2D eigenvalue weighted by molar-refractivity contribution is 0.666.